The molecule has 2 heterocycles. The summed E-state index contributed by atoms with van der Waals surface area (Å²) in [5.74, 6) is 0.962. The Morgan fingerprint density at radius 2 is 1.83 bits per heavy atom. The van der Waals surface area contributed by atoms with Gasteiger partial charge in [-0.3, -0.25) is 14.8 Å². The first-order chi connectivity index (χ1) is 11.3. The van der Waals surface area contributed by atoms with Gasteiger partial charge in [-0.2, -0.15) is 0 Å². The first-order valence-electron chi connectivity index (χ1n) is 7.20. The fraction of sp³-hybridized carbons (Fsp3) is 0.118. The predicted octanol–water partition coefficient (Wildman–Crippen LogP) is 2.41. The van der Waals surface area contributed by atoms with Gasteiger partial charge in [0.15, 0.2) is 11.5 Å². The maximum absolute atomic E-state index is 12.4. The van der Waals surface area contributed by atoms with E-state index < -0.39 is 6.10 Å². The molecule has 4 rings (SSSR count). The molecule has 0 spiro atoms. The molecule has 0 unspecified atom stereocenters. The molecule has 0 saturated heterocycles. The molecule has 1 N–H and O–H groups in total. The molecule has 0 aliphatic carbocycles. The molecule has 3 aromatic rings. The van der Waals surface area contributed by atoms with Gasteiger partial charge in [0.2, 0.25) is 6.10 Å². The summed E-state index contributed by atoms with van der Waals surface area (Å²) in [5, 5.41) is 2.82. The third kappa shape index (κ3) is 2.66. The largest absolute Gasteiger partial charge is 0.485 e. The lowest BCUT2D eigenvalue weighted by atomic mass is 10.2. The first kappa shape index (κ1) is 13.5. The molecule has 2 aromatic carbocycles. The van der Waals surface area contributed by atoms with Crippen molar-refractivity contribution in [3.8, 4) is 11.5 Å². The summed E-state index contributed by atoms with van der Waals surface area (Å²) in [5.41, 5.74) is 2.14. The Bertz CT molecular complexity index is 882. The second-order valence-electron chi connectivity index (χ2n) is 5.11. The molecule has 6 nitrogen and oxygen atoms in total. The number of rotatable bonds is 2. The molecule has 1 amide bonds. The summed E-state index contributed by atoms with van der Waals surface area (Å²) < 4.78 is 11.2. The maximum atomic E-state index is 12.4. The molecule has 6 heteroatoms. The summed E-state index contributed by atoms with van der Waals surface area (Å²) >= 11 is 0. The zero-order valence-corrected chi connectivity index (χ0v) is 12.1. The van der Waals surface area contributed by atoms with Crippen LogP contribution in [0.3, 0.4) is 0 Å². The third-order valence-corrected chi connectivity index (χ3v) is 3.54. The molecule has 0 radical (unpaired) electrons. The number of amides is 1. The van der Waals surface area contributed by atoms with Crippen molar-refractivity contribution in [1.29, 1.82) is 0 Å². The van der Waals surface area contributed by atoms with E-state index in [0.717, 1.165) is 11.0 Å². The quantitative estimate of drug-likeness (QED) is 0.787. The van der Waals surface area contributed by atoms with Crippen LogP contribution in [0.4, 0.5) is 5.69 Å². The maximum Gasteiger partial charge on any atom is 0.269 e. The molecule has 0 saturated carbocycles. The van der Waals surface area contributed by atoms with E-state index in [1.807, 2.05) is 24.3 Å². The number of nitrogens with one attached hydrogen (secondary N) is 1. The van der Waals surface area contributed by atoms with Crippen LogP contribution in [0.5, 0.6) is 11.5 Å². The van der Waals surface area contributed by atoms with Crippen LogP contribution < -0.4 is 14.8 Å². The molecule has 0 fully saturated rings. The standard InChI is InChI=1S/C17H13N3O3/c21-17(16-10-22-14-3-1-2-4-15(14)23-16)20-11-5-6-12-13(9-11)19-8-7-18-12/h1-9,16H,10H2,(H,20,21)/t16-/m0/s1. The van der Waals surface area contributed by atoms with Gasteiger partial charge in [0.25, 0.3) is 5.91 Å². The fourth-order valence-electron chi connectivity index (χ4n) is 2.41. The second kappa shape index (κ2) is 5.57. The van der Waals surface area contributed by atoms with E-state index in [4.69, 9.17) is 9.47 Å². The number of para-hydroxylation sites is 2. The highest BCUT2D eigenvalue weighted by Crippen LogP contribution is 2.31. The number of fused-ring (bicyclic) bond motifs is 2. The molecule has 1 aliphatic heterocycles. The van der Waals surface area contributed by atoms with Crippen LogP contribution in [0.1, 0.15) is 0 Å². The van der Waals surface area contributed by atoms with Crippen molar-refractivity contribution >= 4 is 22.6 Å². The molecular formula is C17H13N3O3. The van der Waals surface area contributed by atoms with Gasteiger partial charge in [-0.25, -0.2) is 0 Å². The summed E-state index contributed by atoms with van der Waals surface area (Å²) in [6.45, 7) is 0.177. The van der Waals surface area contributed by atoms with Crippen molar-refractivity contribution in [1.82, 2.24) is 9.97 Å². The molecule has 1 atom stereocenters. The summed E-state index contributed by atoms with van der Waals surface area (Å²) in [4.78, 5) is 20.8. The number of aromatic nitrogens is 2. The average Bonchev–Trinajstić information content (AvgIpc) is 2.61. The minimum absolute atomic E-state index is 0.177. The second-order valence-corrected chi connectivity index (χ2v) is 5.11. The van der Waals surface area contributed by atoms with Crippen LogP contribution in [0.25, 0.3) is 11.0 Å². The Labute approximate surface area is 132 Å². The molecule has 1 aliphatic rings. The van der Waals surface area contributed by atoms with E-state index in [-0.39, 0.29) is 12.5 Å². The van der Waals surface area contributed by atoms with Crippen LogP contribution in [0, 0.1) is 0 Å². The topological polar surface area (TPSA) is 73.3 Å². The Balaban J connectivity index is 1.51. The van der Waals surface area contributed by atoms with Crippen molar-refractivity contribution in [3.63, 3.8) is 0 Å². The van der Waals surface area contributed by atoms with Gasteiger partial charge in [-0.05, 0) is 30.3 Å². The Morgan fingerprint density at radius 3 is 2.70 bits per heavy atom. The zero-order chi connectivity index (χ0) is 15.6. The number of hydrogen-bond acceptors (Lipinski definition) is 5. The first-order valence-corrected chi connectivity index (χ1v) is 7.20. The van der Waals surface area contributed by atoms with E-state index >= 15 is 0 Å². The van der Waals surface area contributed by atoms with Crippen molar-refractivity contribution in [2.45, 2.75) is 6.10 Å². The SMILES string of the molecule is O=C(Nc1ccc2nccnc2c1)[C@@H]1COc2ccccc2O1. The van der Waals surface area contributed by atoms with Gasteiger partial charge in [0.1, 0.15) is 6.61 Å². The van der Waals surface area contributed by atoms with E-state index in [1.165, 1.54) is 0 Å². The van der Waals surface area contributed by atoms with Gasteiger partial charge in [-0.1, -0.05) is 12.1 Å². The third-order valence-electron chi connectivity index (χ3n) is 3.54. The number of benzene rings is 2. The summed E-state index contributed by atoms with van der Waals surface area (Å²) in [6, 6.07) is 12.7. The normalized spacial score (nSPS) is 16.1. The van der Waals surface area contributed by atoms with E-state index in [2.05, 4.69) is 15.3 Å². The smallest absolute Gasteiger partial charge is 0.269 e. The van der Waals surface area contributed by atoms with Crippen molar-refractivity contribution in [2.75, 3.05) is 11.9 Å². The highest BCUT2D eigenvalue weighted by atomic mass is 16.6. The number of ether oxygens (including phenoxy) is 2. The summed E-state index contributed by atoms with van der Waals surface area (Å²) in [7, 11) is 0. The van der Waals surface area contributed by atoms with E-state index in [9.17, 15) is 4.79 Å². The van der Waals surface area contributed by atoms with Gasteiger partial charge in [0.05, 0.1) is 11.0 Å². The Kier molecular flexibility index (Phi) is 3.27. The van der Waals surface area contributed by atoms with Gasteiger partial charge < -0.3 is 14.8 Å². The minimum Gasteiger partial charge on any atom is -0.485 e. The highest BCUT2D eigenvalue weighted by Gasteiger charge is 2.27. The van der Waals surface area contributed by atoms with Crippen LogP contribution in [0.2, 0.25) is 0 Å². The number of anilines is 1. The Hall–Kier alpha value is -3.15. The highest BCUT2D eigenvalue weighted by molar-refractivity contribution is 5.96. The van der Waals surface area contributed by atoms with Gasteiger partial charge in [-0.15, -0.1) is 0 Å². The Morgan fingerprint density at radius 1 is 1.04 bits per heavy atom. The monoisotopic (exact) mass is 307 g/mol. The molecule has 1 aromatic heterocycles. The lowest BCUT2D eigenvalue weighted by Crippen LogP contribution is -2.40. The van der Waals surface area contributed by atoms with Gasteiger partial charge >= 0.3 is 0 Å². The molecular weight excluding hydrogens is 294 g/mol. The van der Waals surface area contributed by atoms with Crippen molar-refractivity contribution in [2.24, 2.45) is 0 Å². The zero-order valence-electron chi connectivity index (χ0n) is 12.1. The molecule has 0 bridgehead atoms. The molecule has 114 valence electrons. The van der Waals surface area contributed by atoms with Crippen LogP contribution in [0.15, 0.2) is 54.9 Å². The van der Waals surface area contributed by atoms with Crippen molar-refractivity contribution < 1.29 is 14.3 Å². The van der Waals surface area contributed by atoms with Crippen LogP contribution >= 0.6 is 0 Å². The molecule has 23 heavy (non-hydrogen) atoms. The summed E-state index contributed by atoms with van der Waals surface area (Å²) in [6.07, 6.45) is 2.55. The lowest BCUT2D eigenvalue weighted by Gasteiger charge is -2.25. The predicted molar refractivity (Wildman–Crippen MR) is 84.5 cm³/mol. The van der Waals surface area contributed by atoms with E-state index in [0.29, 0.717) is 17.2 Å². The van der Waals surface area contributed by atoms with Crippen molar-refractivity contribution in [3.05, 3.63) is 54.9 Å². The number of nitrogens with zero attached hydrogens (tertiary/aromatic N) is 2. The van der Waals surface area contributed by atoms with E-state index in [1.54, 1.807) is 30.6 Å². The fourth-order valence-corrected chi connectivity index (χ4v) is 2.41. The van der Waals surface area contributed by atoms with Gasteiger partial charge in [0, 0.05) is 18.1 Å². The van der Waals surface area contributed by atoms with Crippen LogP contribution in [-0.4, -0.2) is 28.6 Å². The number of carbonyl (C=O) groups is 1. The van der Waals surface area contributed by atoms with Crippen LogP contribution in [-0.2, 0) is 4.79 Å². The average molecular weight is 307 g/mol. The number of hydrogen-bond donors (Lipinski definition) is 1. The minimum atomic E-state index is -0.692. The lowest BCUT2D eigenvalue weighted by molar-refractivity contribution is -0.125. The number of carbonyl (C=O) groups excluding carboxylic acids is 1.